The van der Waals surface area contributed by atoms with Crippen LogP contribution in [-0.4, -0.2) is 60.6 Å². The summed E-state index contributed by atoms with van der Waals surface area (Å²) in [5.74, 6) is -2.26. The van der Waals surface area contributed by atoms with E-state index in [0.29, 0.717) is 17.8 Å². The number of halogens is 1. The van der Waals surface area contributed by atoms with Crippen molar-refractivity contribution in [3.8, 4) is 5.75 Å². The third kappa shape index (κ3) is 3.70. The Morgan fingerprint density at radius 2 is 2.21 bits per heavy atom. The number of nitrogens with two attached hydrogens (primary N) is 1. The maximum Gasteiger partial charge on any atom is 0.341 e. The number of anilines is 1. The van der Waals surface area contributed by atoms with E-state index < -0.39 is 28.7 Å². The van der Waals surface area contributed by atoms with Gasteiger partial charge in [0, 0.05) is 12.7 Å². The van der Waals surface area contributed by atoms with Gasteiger partial charge in [-0.25, -0.2) is 9.18 Å². The number of carbonyl (C=O) groups is 1. The molecule has 1 aromatic heterocycles. The minimum absolute atomic E-state index is 0.0587. The van der Waals surface area contributed by atoms with Crippen LogP contribution >= 0.6 is 0 Å². The molecule has 2 aromatic rings. The molecule has 0 saturated carbocycles. The molecule has 2 aliphatic rings. The Labute approximate surface area is 187 Å². The second kappa shape index (κ2) is 8.60. The topological polar surface area (TPSA) is 141 Å². The van der Waals surface area contributed by atoms with E-state index in [-0.39, 0.29) is 48.4 Å². The number of rotatable bonds is 6. The number of hydrogen-bond donors (Lipinski definition) is 2. The number of nitrogens with zero attached hydrogens (tertiary/aromatic N) is 4. The summed E-state index contributed by atoms with van der Waals surface area (Å²) in [4.78, 5) is 36.0. The van der Waals surface area contributed by atoms with Gasteiger partial charge in [-0.15, -0.1) is 0 Å². The van der Waals surface area contributed by atoms with E-state index in [0.717, 1.165) is 6.07 Å². The normalized spacial score (nSPS) is 21.4. The fourth-order valence-electron chi connectivity index (χ4n) is 4.20. The van der Waals surface area contributed by atoms with Crippen molar-refractivity contribution >= 4 is 34.1 Å². The van der Waals surface area contributed by atoms with Gasteiger partial charge in [0.25, 0.3) is 0 Å². The van der Waals surface area contributed by atoms with E-state index in [1.165, 1.54) is 13.3 Å². The highest BCUT2D eigenvalue weighted by Crippen LogP contribution is 2.43. The van der Waals surface area contributed by atoms with Gasteiger partial charge in [0.2, 0.25) is 5.43 Å². The molecule has 0 aliphatic carbocycles. The average Bonchev–Trinajstić information content (AvgIpc) is 3.19. The molecule has 0 spiro atoms. The number of pyridine rings is 1. The van der Waals surface area contributed by atoms with Gasteiger partial charge in [0.15, 0.2) is 11.6 Å². The Hall–Kier alpha value is -3.83. The van der Waals surface area contributed by atoms with Crippen LogP contribution < -0.4 is 20.8 Å². The second-order valence-electron chi connectivity index (χ2n) is 7.81. The zero-order valence-corrected chi connectivity index (χ0v) is 18.4. The SMILES string of the molecule is CCO/N=C(/N)C1CN(c2c(F)cc3c(=O)c(C(=O)O)cn4c3c2OC[C@@H]4C)C/C1=N\OC. The highest BCUT2D eigenvalue weighted by Gasteiger charge is 2.38. The molecule has 0 radical (unpaired) electrons. The number of benzene rings is 1. The van der Waals surface area contributed by atoms with Gasteiger partial charge in [-0.2, -0.15) is 0 Å². The van der Waals surface area contributed by atoms with Crippen LogP contribution in [0.1, 0.15) is 30.2 Å². The quantitative estimate of drug-likeness (QED) is 0.375. The van der Waals surface area contributed by atoms with E-state index in [1.54, 1.807) is 16.4 Å². The maximum absolute atomic E-state index is 15.5. The number of oxime groups is 2. The van der Waals surface area contributed by atoms with Crippen molar-refractivity contribution in [1.29, 1.82) is 0 Å². The number of amidine groups is 1. The number of aromatic carboxylic acids is 1. The Morgan fingerprint density at radius 3 is 2.88 bits per heavy atom. The van der Waals surface area contributed by atoms with Crippen LogP contribution in [0.3, 0.4) is 0 Å². The summed E-state index contributed by atoms with van der Waals surface area (Å²) >= 11 is 0. The maximum atomic E-state index is 15.5. The van der Waals surface area contributed by atoms with Crippen molar-refractivity contribution in [1.82, 2.24) is 4.57 Å². The molecule has 4 rings (SSSR count). The highest BCUT2D eigenvalue weighted by molar-refractivity contribution is 6.10. The van der Waals surface area contributed by atoms with Crippen LogP contribution in [0.25, 0.3) is 10.9 Å². The van der Waals surface area contributed by atoms with Crippen LogP contribution in [-0.2, 0) is 9.68 Å². The zero-order valence-electron chi connectivity index (χ0n) is 18.4. The smallest absolute Gasteiger partial charge is 0.341 e. The minimum atomic E-state index is -1.37. The van der Waals surface area contributed by atoms with Crippen LogP contribution in [0.4, 0.5) is 10.1 Å². The number of hydrogen-bond acceptors (Lipinski definition) is 8. The summed E-state index contributed by atoms with van der Waals surface area (Å²) < 4.78 is 23.0. The lowest BCUT2D eigenvalue weighted by Crippen LogP contribution is -2.31. The first-order valence-electron chi connectivity index (χ1n) is 10.4. The number of carboxylic acids is 1. The monoisotopic (exact) mass is 461 g/mol. The third-order valence-corrected chi connectivity index (χ3v) is 5.71. The third-order valence-electron chi connectivity index (χ3n) is 5.71. The Morgan fingerprint density at radius 1 is 1.45 bits per heavy atom. The number of aromatic nitrogens is 1. The van der Waals surface area contributed by atoms with Gasteiger partial charge in [0.1, 0.15) is 37.4 Å². The van der Waals surface area contributed by atoms with E-state index in [4.69, 9.17) is 20.1 Å². The first-order chi connectivity index (χ1) is 15.8. The first-order valence-corrected chi connectivity index (χ1v) is 10.4. The molecular weight excluding hydrogens is 437 g/mol. The first kappa shape index (κ1) is 22.4. The van der Waals surface area contributed by atoms with Crippen molar-refractivity contribution in [3.05, 3.63) is 33.9 Å². The largest absolute Gasteiger partial charge is 0.487 e. The van der Waals surface area contributed by atoms with Gasteiger partial charge in [0.05, 0.1) is 35.1 Å². The number of carboxylic acid groups (broad SMARTS) is 1. The van der Waals surface area contributed by atoms with Crippen molar-refractivity contribution in [2.45, 2.75) is 19.9 Å². The molecule has 33 heavy (non-hydrogen) atoms. The zero-order chi connectivity index (χ0) is 23.9. The van der Waals surface area contributed by atoms with Crippen LogP contribution in [0, 0.1) is 11.7 Å². The molecule has 1 saturated heterocycles. The van der Waals surface area contributed by atoms with Gasteiger partial charge in [-0.1, -0.05) is 10.3 Å². The van der Waals surface area contributed by atoms with Gasteiger partial charge >= 0.3 is 5.97 Å². The molecule has 12 heteroatoms. The van der Waals surface area contributed by atoms with E-state index in [1.807, 2.05) is 6.92 Å². The van der Waals surface area contributed by atoms with E-state index in [2.05, 4.69) is 10.3 Å². The van der Waals surface area contributed by atoms with Gasteiger partial charge in [-0.05, 0) is 19.9 Å². The van der Waals surface area contributed by atoms with Crippen LogP contribution in [0.15, 0.2) is 27.4 Å². The molecule has 1 aromatic carbocycles. The molecule has 0 bridgehead atoms. The summed E-state index contributed by atoms with van der Waals surface area (Å²) in [5, 5.41) is 17.3. The van der Waals surface area contributed by atoms with Crippen molar-refractivity contribution in [2.24, 2.45) is 22.0 Å². The predicted molar refractivity (Wildman–Crippen MR) is 119 cm³/mol. The standard InChI is InChI=1S/C21H24FN5O6/c1-4-33-25-20(23)12-6-26(8-15(12)24-31-3)17-14(22)5-11-16-19(17)32-9-10(2)27(16)7-13(18(11)28)21(29)30/h5,7,10,12H,4,6,8-9H2,1-3H3,(H2,23,25)(H,29,30)/b24-15+/t10-,12?/m0/s1. The average molecular weight is 461 g/mol. The van der Waals surface area contributed by atoms with Crippen molar-refractivity contribution in [3.63, 3.8) is 0 Å². The molecule has 176 valence electrons. The van der Waals surface area contributed by atoms with E-state index in [9.17, 15) is 14.7 Å². The van der Waals surface area contributed by atoms with Crippen LogP contribution in [0.5, 0.6) is 5.75 Å². The highest BCUT2D eigenvalue weighted by atomic mass is 19.1. The summed E-state index contributed by atoms with van der Waals surface area (Å²) in [7, 11) is 1.40. The van der Waals surface area contributed by atoms with Gasteiger partial charge in [-0.3, -0.25) is 4.79 Å². The minimum Gasteiger partial charge on any atom is -0.487 e. The summed E-state index contributed by atoms with van der Waals surface area (Å²) in [6.07, 6.45) is 1.28. The lowest BCUT2D eigenvalue weighted by atomic mass is 10.1. The van der Waals surface area contributed by atoms with Crippen molar-refractivity contribution < 1.29 is 28.7 Å². The fraction of sp³-hybridized carbons (Fsp3) is 0.429. The lowest BCUT2D eigenvalue weighted by Gasteiger charge is -2.31. The molecule has 3 heterocycles. The second-order valence-corrected chi connectivity index (χ2v) is 7.81. The predicted octanol–water partition coefficient (Wildman–Crippen LogP) is 1.54. The molecule has 11 nitrogen and oxygen atoms in total. The molecule has 2 aliphatic heterocycles. The Kier molecular flexibility index (Phi) is 5.83. The van der Waals surface area contributed by atoms with Gasteiger partial charge < -0.3 is 34.7 Å². The summed E-state index contributed by atoms with van der Waals surface area (Å²) in [6.45, 7) is 4.49. The molecule has 1 unspecified atom stereocenters. The number of ether oxygens (including phenoxy) is 1. The van der Waals surface area contributed by atoms with Crippen molar-refractivity contribution in [2.75, 3.05) is 38.3 Å². The Bertz CT molecular complexity index is 1240. The molecule has 3 N–H and O–H groups in total. The van der Waals surface area contributed by atoms with Crippen LogP contribution in [0.2, 0.25) is 0 Å². The van der Waals surface area contributed by atoms with E-state index >= 15 is 4.39 Å². The molecular formula is C21H24FN5O6. The summed E-state index contributed by atoms with van der Waals surface area (Å²) in [5.41, 5.74) is 5.87. The Balaban J connectivity index is 1.89. The summed E-state index contributed by atoms with van der Waals surface area (Å²) in [6, 6.07) is 0.793. The lowest BCUT2D eigenvalue weighted by molar-refractivity contribution is 0.0694. The molecule has 1 fully saturated rings. The molecule has 0 amide bonds. The molecule has 2 atom stereocenters. The fourth-order valence-corrected chi connectivity index (χ4v) is 4.20.